The molecule has 1 atom stereocenters. The molecule has 160 valence electrons. The largest absolute Gasteiger partial charge is 0.346 e. The Morgan fingerprint density at radius 1 is 1.42 bits per heavy atom. The van der Waals surface area contributed by atoms with Crippen LogP contribution in [-0.4, -0.2) is 32.4 Å². The zero-order valence-corrected chi connectivity index (χ0v) is 18.9. The Bertz CT molecular complexity index is 1130. The van der Waals surface area contributed by atoms with Crippen LogP contribution in [0.1, 0.15) is 47.7 Å². The molecule has 2 N–H and O–H groups in total. The normalized spacial score (nSPS) is 11.7. The molecule has 3 aromatic rings. The second kappa shape index (κ2) is 10.3. The van der Waals surface area contributed by atoms with Gasteiger partial charge in [0.2, 0.25) is 0 Å². The minimum Gasteiger partial charge on any atom is -0.346 e. The first-order valence-corrected chi connectivity index (χ1v) is 11.2. The van der Waals surface area contributed by atoms with Crippen LogP contribution >= 0.6 is 22.9 Å². The fourth-order valence-electron chi connectivity index (χ4n) is 3.08. The van der Waals surface area contributed by atoms with E-state index in [1.807, 2.05) is 38.2 Å². The molecule has 2 aromatic heterocycles. The van der Waals surface area contributed by atoms with Crippen LogP contribution in [-0.2, 0) is 13.0 Å². The molecule has 31 heavy (non-hydrogen) atoms. The molecule has 0 aliphatic heterocycles. The highest BCUT2D eigenvalue weighted by Crippen LogP contribution is 2.24. The Morgan fingerprint density at radius 3 is 2.94 bits per heavy atom. The summed E-state index contributed by atoms with van der Waals surface area (Å²) in [6.45, 7) is 4.44. The van der Waals surface area contributed by atoms with Crippen molar-refractivity contribution < 1.29 is 4.79 Å². The molecule has 0 bridgehead atoms. The molecular weight excluding hydrogens is 432 g/mol. The Kier molecular flexibility index (Phi) is 7.55. The highest BCUT2D eigenvalue weighted by Gasteiger charge is 2.15. The summed E-state index contributed by atoms with van der Waals surface area (Å²) in [7, 11) is 0. The fraction of sp³-hybridized carbons (Fsp3) is 0.318. The maximum atomic E-state index is 12.5. The number of hydrogen-bond acceptors (Lipinski definition) is 6. The summed E-state index contributed by atoms with van der Waals surface area (Å²) in [5, 5.41) is 27.3. The standard InChI is InChI=1S/C22H23ClN6OS/c1-3-4-17(25)10-21-27-20(13-31-21)22(30)26-14(2)12-29-8-7-19(28-29)15-5-6-16(11-24)18(23)9-15/h5-9,13-14,25H,3-4,10,12H2,1-2H3,(H,26,30)/t14-/m1/s1. The van der Waals surface area contributed by atoms with E-state index in [1.54, 1.807) is 22.2 Å². The SMILES string of the molecule is CCCC(=N)Cc1nc(C(=O)N[C@H](C)Cn2ccc(-c3ccc(C#N)c(Cl)c3)n2)cs1. The number of halogens is 1. The van der Waals surface area contributed by atoms with E-state index in [0.717, 1.165) is 29.1 Å². The van der Waals surface area contributed by atoms with E-state index >= 15 is 0 Å². The minimum absolute atomic E-state index is 0.159. The lowest BCUT2D eigenvalue weighted by atomic mass is 10.1. The number of thiazole rings is 1. The van der Waals surface area contributed by atoms with Crippen LogP contribution in [0.25, 0.3) is 11.3 Å². The highest BCUT2D eigenvalue weighted by molar-refractivity contribution is 7.09. The lowest BCUT2D eigenvalue weighted by Crippen LogP contribution is -2.36. The Hall–Kier alpha value is -3.02. The Balaban J connectivity index is 1.58. The van der Waals surface area contributed by atoms with Crippen molar-refractivity contribution in [3.05, 3.63) is 57.1 Å². The van der Waals surface area contributed by atoms with Crippen LogP contribution in [0.3, 0.4) is 0 Å². The first-order valence-electron chi connectivity index (χ1n) is 9.94. The van der Waals surface area contributed by atoms with E-state index in [9.17, 15) is 4.79 Å². The maximum Gasteiger partial charge on any atom is 0.271 e. The maximum absolute atomic E-state index is 12.5. The first-order chi connectivity index (χ1) is 14.9. The van der Waals surface area contributed by atoms with Crippen molar-refractivity contribution in [2.75, 3.05) is 0 Å². The van der Waals surface area contributed by atoms with Crippen LogP contribution in [0.2, 0.25) is 5.02 Å². The molecule has 3 rings (SSSR count). The summed E-state index contributed by atoms with van der Waals surface area (Å²) in [6, 6.07) is 8.95. The highest BCUT2D eigenvalue weighted by atomic mass is 35.5. The predicted molar refractivity (Wildman–Crippen MR) is 123 cm³/mol. The van der Waals surface area contributed by atoms with Gasteiger partial charge in [-0.05, 0) is 31.5 Å². The van der Waals surface area contributed by atoms with E-state index in [4.69, 9.17) is 22.3 Å². The molecule has 0 saturated heterocycles. The van der Waals surface area contributed by atoms with E-state index in [1.165, 1.54) is 11.3 Å². The second-order valence-electron chi connectivity index (χ2n) is 7.26. The van der Waals surface area contributed by atoms with Crippen molar-refractivity contribution in [3.63, 3.8) is 0 Å². The van der Waals surface area contributed by atoms with Crippen LogP contribution in [0.5, 0.6) is 0 Å². The van der Waals surface area contributed by atoms with Crippen molar-refractivity contribution in [1.29, 1.82) is 10.7 Å². The van der Waals surface area contributed by atoms with Gasteiger partial charge in [0.15, 0.2) is 0 Å². The van der Waals surface area contributed by atoms with Gasteiger partial charge in [-0.2, -0.15) is 10.4 Å². The third-order valence-electron chi connectivity index (χ3n) is 4.57. The molecular formula is C22H23ClN6OS. The summed E-state index contributed by atoms with van der Waals surface area (Å²) in [4.78, 5) is 16.9. The number of benzene rings is 1. The number of nitrogens with one attached hydrogen (secondary N) is 2. The van der Waals surface area contributed by atoms with Crippen molar-refractivity contribution >= 4 is 34.6 Å². The molecule has 2 heterocycles. The Labute approximate surface area is 190 Å². The number of rotatable bonds is 9. The van der Waals surface area contributed by atoms with Gasteiger partial charge < -0.3 is 10.7 Å². The predicted octanol–water partition coefficient (Wildman–Crippen LogP) is 4.71. The van der Waals surface area contributed by atoms with Gasteiger partial charge in [-0.15, -0.1) is 11.3 Å². The lowest BCUT2D eigenvalue weighted by Gasteiger charge is -2.13. The van der Waals surface area contributed by atoms with E-state index in [-0.39, 0.29) is 11.9 Å². The van der Waals surface area contributed by atoms with E-state index < -0.39 is 0 Å². The summed E-state index contributed by atoms with van der Waals surface area (Å²) >= 11 is 7.52. The minimum atomic E-state index is -0.233. The third kappa shape index (κ3) is 6.00. The molecule has 7 nitrogen and oxygen atoms in total. The quantitative estimate of drug-likeness (QED) is 0.456. The zero-order valence-electron chi connectivity index (χ0n) is 17.4. The van der Waals surface area contributed by atoms with Crippen LogP contribution in [0.15, 0.2) is 35.8 Å². The van der Waals surface area contributed by atoms with Crippen molar-refractivity contribution in [1.82, 2.24) is 20.1 Å². The summed E-state index contributed by atoms with van der Waals surface area (Å²) in [5.74, 6) is -0.233. The lowest BCUT2D eigenvalue weighted by molar-refractivity contribution is 0.0931. The van der Waals surface area contributed by atoms with Gasteiger partial charge >= 0.3 is 0 Å². The average Bonchev–Trinajstić information content (AvgIpc) is 3.38. The van der Waals surface area contributed by atoms with Gasteiger partial charge in [-0.3, -0.25) is 9.48 Å². The number of carbonyl (C=O) groups excluding carboxylic acids is 1. The molecule has 0 unspecified atom stereocenters. The molecule has 0 saturated carbocycles. The van der Waals surface area contributed by atoms with Gasteiger partial charge in [0.1, 0.15) is 11.8 Å². The van der Waals surface area contributed by atoms with Crippen molar-refractivity contribution in [2.45, 2.75) is 45.7 Å². The molecule has 9 heteroatoms. The average molecular weight is 455 g/mol. The van der Waals surface area contributed by atoms with Gasteiger partial charge in [0.25, 0.3) is 5.91 Å². The van der Waals surface area contributed by atoms with Gasteiger partial charge in [0, 0.05) is 35.3 Å². The summed E-state index contributed by atoms with van der Waals surface area (Å²) < 4.78 is 1.75. The van der Waals surface area contributed by atoms with Crippen LogP contribution < -0.4 is 5.32 Å². The molecule has 0 radical (unpaired) electrons. The smallest absolute Gasteiger partial charge is 0.271 e. The number of aromatic nitrogens is 3. The third-order valence-corrected chi connectivity index (χ3v) is 5.73. The number of nitrogens with zero attached hydrogens (tertiary/aromatic N) is 4. The fourth-order valence-corrected chi connectivity index (χ4v) is 4.11. The van der Waals surface area contributed by atoms with Crippen molar-refractivity contribution in [3.8, 4) is 17.3 Å². The van der Waals surface area contributed by atoms with Crippen LogP contribution in [0, 0.1) is 16.7 Å². The second-order valence-corrected chi connectivity index (χ2v) is 8.61. The van der Waals surface area contributed by atoms with Crippen LogP contribution in [0.4, 0.5) is 0 Å². The molecule has 0 aliphatic rings. The Morgan fingerprint density at radius 2 is 2.23 bits per heavy atom. The molecule has 0 aliphatic carbocycles. The first kappa shape index (κ1) is 22.7. The molecule has 1 aromatic carbocycles. The van der Waals surface area contributed by atoms with Gasteiger partial charge in [-0.1, -0.05) is 31.0 Å². The monoisotopic (exact) mass is 454 g/mol. The number of amides is 1. The summed E-state index contributed by atoms with van der Waals surface area (Å²) in [5.41, 5.74) is 3.00. The van der Waals surface area contributed by atoms with Gasteiger partial charge in [-0.25, -0.2) is 4.98 Å². The number of carbonyl (C=O) groups is 1. The molecule has 0 spiro atoms. The zero-order chi connectivity index (χ0) is 22.4. The topological polar surface area (TPSA) is 107 Å². The summed E-state index contributed by atoms with van der Waals surface area (Å²) in [6.07, 6.45) is 4.02. The van der Waals surface area contributed by atoms with E-state index in [0.29, 0.717) is 35.0 Å². The molecule has 0 fully saturated rings. The van der Waals surface area contributed by atoms with Gasteiger partial charge in [0.05, 0.1) is 27.8 Å². The number of nitriles is 1. The van der Waals surface area contributed by atoms with Crippen molar-refractivity contribution in [2.24, 2.45) is 0 Å². The molecule has 1 amide bonds. The van der Waals surface area contributed by atoms with E-state index in [2.05, 4.69) is 15.4 Å². The number of hydrogen-bond donors (Lipinski definition) is 2.